The molecule has 0 aliphatic heterocycles. The number of hydrogen-bond acceptors (Lipinski definition) is 4. The van der Waals surface area contributed by atoms with Crippen molar-refractivity contribution in [2.24, 2.45) is 5.92 Å². The van der Waals surface area contributed by atoms with Gasteiger partial charge in [-0.05, 0) is 25.2 Å². The summed E-state index contributed by atoms with van der Waals surface area (Å²) in [5.74, 6) is 1.76. The van der Waals surface area contributed by atoms with E-state index in [-0.39, 0.29) is 6.42 Å². The van der Waals surface area contributed by atoms with Gasteiger partial charge in [0.1, 0.15) is 0 Å². The molecule has 1 aliphatic rings. The van der Waals surface area contributed by atoms with Gasteiger partial charge in [-0.25, -0.2) is 0 Å². The zero-order valence-corrected chi connectivity index (χ0v) is 9.35. The number of hydrogen-bond donors (Lipinski definition) is 1. The van der Waals surface area contributed by atoms with E-state index in [4.69, 9.17) is 9.52 Å². The van der Waals surface area contributed by atoms with Crippen molar-refractivity contribution in [3.63, 3.8) is 0 Å². The Kier molecular flexibility index (Phi) is 3.22. The molecule has 1 saturated carbocycles. The number of rotatable bonds is 6. The fourth-order valence-electron chi connectivity index (χ4n) is 1.74. The monoisotopic (exact) mass is 224 g/mol. The van der Waals surface area contributed by atoms with E-state index in [1.807, 2.05) is 0 Å². The molecule has 2 atom stereocenters. The first kappa shape index (κ1) is 11.1. The lowest BCUT2D eigenvalue weighted by molar-refractivity contribution is -0.137. The van der Waals surface area contributed by atoms with Gasteiger partial charge in [-0.1, -0.05) is 6.92 Å². The minimum atomic E-state index is -0.752. The molecule has 0 amide bonds. The molecule has 0 spiro atoms. The van der Waals surface area contributed by atoms with E-state index in [2.05, 4.69) is 17.1 Å². The van der Waals surface area contributed by atoms with Crippen LogP contribution in [-0.2, 0) is 11.2 Å². The van der Waals surface area contributed by atoms with Crippen LogP contribution in [0.3, 0.4) is 0 Å². The molecular formula is C11H16N2O3. The molecule has 0 saturated heterocycles. The summed E-state index contributed by atoms with van der Waals surface area (Å²) in [6, 6.07) is 0. The first-order valence-electron chi connectivity index (χ1n) is 5.71. The van der Waals surface area contributed by atoms with Gasteiger partial charge in [-0.15, -0.1) is 10.2 Å². The lowest BCUT2D eigenvalue weighted by atomic mass is 10.2. The van der Waals surface area contributed by atoms with Crippen molar-refractivity contribution >= 4 is 5.97 Å². The number of unbranched alkanes of at least 4 members (excludes halogenated alkanes) is 1. The number of aromatic nitrogens is 2. The highest BCUT2D eigenvalue weighted by Gasteiger charge is 2.38. The summed E-state index contributed by atoms with van der Waals surface area (Å²) in [7, 11) is 0. The van der Waals surface area contributed by atoms with Gasteiger partial charge in [-0.2, -0.15) is 0 Å². The predicted molar refractivity (Wildman–Crippen MR) is 56.0 cm³/mol. The fourth-order valence-corrected chi connectivity index (χ4v) is 1.74. The standard InChI is InChI=1S/C11H16N2O3/c1-7-6-8(7)11-13-12-9(16-11)4-2-3-5-10(14)15/h7-8H,2-6H2,1H3,(H,14,15). The van der Waals surface area contributed by atoms with Gasteiger partial charge in [0.15, 0.2) is 0 Å². The number of carbonyl (C=O) groups is 1. The molecule has 1 aromatic rings. The molecule has 2 rings (SSSR count). The quantitative estimate of drug-likeness (QED) is 0.748. The SMILES string of the molecule is CC1CC1c1nnc(CCCCC(=O)O)o1. The van der Waals surface area contributed by atoms with E-state index in [0.717, 1.165) is 18.7 Å². The average Bonchev–Trinajstić information content (AvgIpc) is 2.79. The molecule has 1 fully saturated rings. The molecule has 1 aromatic heterocycles. The first-order valence-corrected chi connectivity index (χ1v) is 5.71. The molecule has 0 bridgehead atoms. The topological polar surface area (TPSA) is 76.2 Å². The summed E-state index contributed by atoms with van der Waals surface area (Å²) in [5, 5.41) is 16.4. The number of carboxylic acids is 1. The van der Waals surface area contributed by atoms with E-state index in [1.54, 1.807) is 0 Å². The largest absolute Gasteiger partial charge is 0.481 e. The van der Waals surface area contributed by atoms with Gasteiger partial charge in [0.2, 0.25) is 11.8 Å². The third kappa shape index (κ3) is 2.81. The number of aliphatic carboxylic acids is 1. The van der Waals surface area contributed by atoms with Gasteiger partial charge in [0.05, 0.1) is 0 Å². The summed E-state index contributed by atoms with van der Waals surface area (Å²) in [5.41, 5.74) is 0. The third-order valence-electron chi connectivity index (χ3n) is 2.94. The molecule has 0 aromatic carbocycles. The van der Waals surface area contributed by atoms with Crippen LogP contribution in [0, 0.1) is 5.92 Å². The van der Waals surface area contributed by atoms with E-state index >= 15 is 0 Å². The molecule has 1 N–H and O–H groups in total. The summed E-state index contributed by atoms with van der Waals surface area (Å²) in [6.07, 6.45) is 3.48. The van der Waals surface area contributed by atoms with Crippen molar-refractivity contribution in [2.45, 2.75) is 44.9 Å². The molecule has 88 valence electrons. The maximum Gasteiger partial charge on any atom is 0.303 e. The molecule has 1 heterocycles. The van der Waals surface area contributed by atoms with Gasteiger partial charge in [0.25, 0.3) is 0 Å². The van der Waals surface area contributed by atoms with E-state index in [1.165, 1.54) is 0 Å². The van der Waals surface area contributed by atoms with Crippen molar-refractivity contribution in [3.8, 4) is 0 Å². The van der Waals surface area contributed by atoms with Crippen LogP contribution in [0.15, 0.2) is 4.42 Å². The molecule has 1 aliphatic carbocycles. The highest BCUT2D eigenvalue weighted by atomic mass is 16.4. The van der Waals surface area contributed by atoms with Crippen LogP contribution >= 0.6 is 0 Å². The Morgan fingerprint density at radius 2 is 2.25 bits per heavy atom. The zero-order valence-electron chi connectivity index (χ0n) is 9.35. The highest BCUT2D eigenvalue weighted by molar-refractivity contribution is 5.66. The second-order valence-electron chi connectivity index (χ2n) is 4.45. The smallest absolute Gasteiger partial charge is 0.303 e. The molecule has 0 radical (unpaired) electrons. The molecular weight excluding hydrogens is 208 g/mol. The Labute approximate surface area is 93.9 Å². The van der Waals surface area contributed by atoms with Crippen LogP contribution in [0.25, 0.3) is 0 Å². The van der Waals surface area contributed by atoms with Crippen molar-refractivity contribution in [2.75, 3.05) is 0 Å². The van der Waals surface area contributed by atoms with E-state index in [0.29, 0.717) is 30.6 Å². The number of nitrogens with zero attached hydrogens (tertiary/aromatic N) is 2. The van der Waals surface area contributed by atoms with Crippen LogP contribution in [0.4, 0.5) is 0 Å². The zero-order chi connectivity index (χ0) is 11.5. The highest BCUT2D eigenvalue weighted by Crippen LogP contribution is 2.46. The number of aryl methyl sites for hydroxylation is 1. The van der Waals surface area contributed by atoms with Crippen molar-refractivity contribution in [3.05, 3.63) is 11.8 Å². The van der Waals surface area contributed by atoms with Crippen molar-refractivity contribution in [1.82, 2.24) is 10.2 Å². The summed E-state index contributed by atoms with van der Waals surface area (Å²) in [6.45, 7) is 2.17. The van der Waals surface area contributed by atoms with Crippen molar-refractivity contribution in [1.29, 1.82) is 0 Å². The summed E-state index contributed by atoms with van der Waals surface area (Å²) >= 11 is 0. The van der Waals surface area contributed by atoms with Gasteiger partial charge in [0, 0.05) is 18.8 Å². The minimum Gasteiger partial charge on any atom is -0.481 e. The Morgan fingerprint density at radius 1 is 1.50 bits per heavy atom. The predicted octanol–water partition coefficient (Wildman–Crippen LogP) is 1.99. The Bertz CT molecular complexity index is 375. The molecule has 5 nitrogen and oxygen atoms in total. The lowest BCUT2D eigenvalue weighted by Gasteiger charge is -1.93. The second kappa shape index (κ2) is 4.63. The van der Waals surface area contributed by atoms with Gasteiger partial charge < -0.3 is 9.52 Å². The van der Waals surface area contributed by atoms with Crippen LogP contribution in [0.1, 0.15) is 50.3 Å². The van der Waals surface area contributed by atoms with Crippen molar-refractivity contribution < 1.29 is 14.3 Å². The van der Waals surface area contributed by atoms with E-state index < -0.39 is 5.97 Å². The molecule has 16 heavy (non-hydrogen) atoms. The maximum absolute atomic E-state index is 10.3. The summed E-state index contributed by atoms with van der Waals surface area (Å²) in [4.78, 5) is 10.3. The Hall–Kier alpha value is -1.39. The van der Waals surface area contributed by atoms with Gasteiger partial charge in [-0.3, -0.25) is 4.79 Å². The van der Waals surface area contributed by atoms with Gasteiger partial charge >= 0.3 is 5.97 Å². The third-order valence-corrected chi connectivity index (χ3v) is 2.94. The Morgan fingerprint density at radius 3 is 2.88 bits per heavy atom. The summed E-state index contributed by atoms with van der Waals surface area (Å²) < 4.78 is 5.52. The number of carboxylic acid groups (broad SMARTS) is 1. The van der Waals surface area contributed by atoms with Crippen LogP contribution in [-0.4, -0.2) is 21.3 Å². The lowest BCUT2D eigenvalue weighted by Crippen LogP contribution is -1.95. The van der Waals surface area contributed by atoms with Crippen LogP contribution < -0.4 is 0 Å². The van der Waals surface area contributed by atoms with Crippen LogP contribution in [0.5, 0.6) is 0 Å². The van der Waals surface area contributed by atoms with E-state index in [9.17, 15) is 4.79 Å². The molecule has 2 unspecified atom stereocenters. The normalized spacial score (nSPS) is 23.3. The first-order chi connectivity index (χ1) is 7.66. The molecule has 5 heteroatoms. The maximum atomic E-state index is 10.3. The minimum absolute atomic E-state index is 0.209. The fraction of sp³-hybridized carbons (Fsp3) is 0.727. The second-order valence-corrected chi connectivity index (χ2v) is 4.45. The Balaban J connectivity index is 1.73. The average molecular weight is 224 g/mol. The van der Waals surface area contributed by atoms with Crippen LogP contribution in [0.2, 0.25) is 0 Å².